The van der Waals surface area contributed by atoms with Crippen molar-refractivity contribution in [3.05, 3.63) is 18.5 Å². The van der Waals surface area contributed by atoms with Gasteiger partial charge in [-0.25, -0.2) is 0 Å². The van der Waals surface area contributed by atoms with Crippen LogP contribution in [0.5, 0.6) is 0 Å². The smallest absolute Gasteiger partial charge is 0.224 e. The van der Waals surface area contributed by atoms with E-state index in [0.717, 1.165) is 19.4 Å². The molecule has 1 fully saturated rings. The van der Waals surface area contributed by atoms with Crippen molar-refractivity contribution < 1.29 is 9.59 Å². The number of amides is 2. The highest BCUT2D eigenvalue weighted by molar-refractivity contribution is 5.78. The summed E-state index contributed by atoms with van der Waals surface area (Å²) in [6, 6.07) is 2.17. The molecule has 0 spiro atoms. The number of nitrogens with zero attached hydrogens (tertiary/aromatic N) is 3. The standard InChI is InChI=1S/C13H20N4O2/c1-11(18)14-7-5-13(19)16-8-2-4-12(10-16)17-9-3-6-15-17/h3,6,9,12H,2,4-5,7-8,10H2,1H3,(H,14,18). The highest BCUT2D eigenvalue weighted by Crippen LogP contribution is 2.20. The van der Waals surface area contributed by atoms with Gasteiger partial charge in [0.25, 0.3) is 0 Å². The summed E-state index contributed by atoms with van der Waals surface area (Å²) >= 11 is 0. The Kier molecular flexibility index (Phi) is 4.54. The van der Waals surface area contributed by atoms with E-state index in [4.69, 9.17) is 0 Å². The van der Waals surface area contributed by atoms with Crippen molar-refractivity contribution in [2.24, 2.45) is 0 Å². The Morgan fingerprint density at radius 2 is 2.32 bits per heavy atom. The lowest BCUT2D eigenvalue weighted by atomic mass is 10.1. The van der Waals surface area contributed by atoms with Crippen LogP contribution in [0.15, 0.2) is 18.5 Å². The molecule has 2 rings (SSSR count). The molecular weight excluding hydrogens is 244 g/mol. The third-order valence-corrected chi connectivity index (χ3v) is 3.36. The highest BCUT2D eigenvalue weighted by Gasteiger charge is 2.24. The molecule has 2 amide bonds. The zero-order chi connectivity index (χ0) is 13.7. The lowest BCUT2D eigenvalue weighted by Gasteiger charge is -2.33. The van der Waals surface area contributed by atoms with Gasteiger partial charge in [-0.05, 0) is 18.9 Å². The van der Waals surface area contributed by atoms with Crippen molar-refractivity contribution in [1.29, 1.82) is 0 Å². The first-order valence-electron chi connectivity index (χ1n) is 6.68. The van der Waals surface area contributed by atoms with Crippen molar-refractivity contribution in [1.82, 2.24) is 20.0 Å². The monoisotopic (exact) mass is 264 g/mol. The first-order valence-corrected chi connectivity index (χ1v) is 6.68. The average molecular weight is 264 g/mol. The molecule has 1 aromatic heterocycles. The van der Waals surface area contributed by atoms with Crippen LogP contribution in [0.3, 0.4) is 0 Å². The van der Waals surface area contributed by atoms with E-state index in [-0.39, 0.29) is 17.9 Å². The molecule has 1 atom stereocenters. The zero-order valence-corrected chi connectivity index (χ0v) is 11.2. The van der Waals surface area contributed by atoms with Crippen LogP contribution in [0.4, 0.5) is 0 Å². The Morgan fingerprint density at radius 1 is 1.47 bits per heavy atom. The van der Waals surface area contributed by atoms with E-state index in [1.807, 2.05) is 21.8 Å². The van der Waals surface area contributed by atoms with E-state index in [2.05, 4.69) is 10.4 Å². The van der Waals surface area contributed by atoms with Gasteiger partial charge in [-0.1, -0.05) is 0 Å². The molecule has 2 heterocycles. The number of rotatable bonds is 4. The van der Waals surface area contributed by atoms with Crippen molar-refractivity contribution in [3.8, 4) is 0 Å². The van der Waals surface area contributed by atoms with E-state index in [1.165, 1.54) is 6.92 Å². The van der Waals surface area contributed by atoms with Crippen molar-refractivity contribution in [3.63, 3.8) is 0 Å². The van der Waals surface area contributed by atoms with Gasteiger partial charge in [0.05, 0.1) is 6.04 Å². The summed E-state index contributed by atoms with van der Waals surface area (Å²) in [4.78, 5) is 24.7. The van der Waals surface area contributed by atoms with E-state index in [9.17, 15) is 9.59 Å². The van der Waals surface area contributed by atoms with E-state index >= 15 is 0 Å². The van der Waals surface area contributed by atoms with E-state index < -0.39 is 0 Å². The van der Waals surface area contributed by atoms with Gasteiger partial charge in [0.15, 0.2) is 0 Å². The van der Waals surface area contributed by atoms with Crippen LogP contribution < -0.4 is 5.32 Å². The molecule has 1 unspecified atom stereocenters. The molecule has 19 heavy (non-hydrogen) atoms. The number of nitrogens with one attached hydrogen (secondary N) is 1. The first kappa shape index (κ1) is 13.6. The molecule has 1 aromatic rings. The van der Waals surface area contributed by atoms with Crippen molar-refractivity contribution in [2.75, 3.05) is 19.6 Å². The Bertz CT molecular complexity index is 430. The summed E-state index contributed by atoms with van der Waals surface area (Å²) in [5, 5.41) is 6.89. The lowest BCUT2D eigenvalue weighted by molar-refractivity contribution is -0.132. The average Bonchev–Trinajstić information content (AvgIpc) is 2.92. The molecule has 0 aromatic carbocycles. The van der Waals surface area contributed by atoms with Gasteiger partial charge in [-0.2, -0.15) is 5.10 Å². The Balaban J connectivity index is 1.83. The van der Waals surface area contributed by atoms with Gasteiger partial charge in [0, 0.05) is 45.4 Å². The zero-order valence-electron chi connectivity index (χ0n) is 11.2. The number of carbonyl (C=O) groups is 2. The van der Waals surface area contributed by atoms with E-state index in [1.54, 1.807) is 6.20 Å². The predicted octanol–water partition coefficient (Wildman–Crippen LogP) is 0.573. The minimum atomic E-state index is -0.0964. The molecule has 0 radical (unpaired) electrons. The van der Waals surface area contributed by atoms with Crippen LogP contribution in [-0.2, 0) is 9.59 Å². The number of aromatic nitrogens is 2. The summed E-state index contributed by atoms with van der Waals surface area (Å²) in [6.45, 7) is 3.38. The fraction of sp³-hybridized carbons (Fsp3) is 0.615. The number of piperidine rings is 1. The van der Waals surface area contributed by atoms with Gasteiger partial charge in [-0.3, -0.25) is 14.3 Å². The maximum atomic E-state index is 12.0. The van der Waals surface area contributed by atoms with Crippen LogP contribution in [0.2, 0.25) is 0 Å². The van der Waals surface area contributed by atoms with Crippen LogP contribution in [0, 0.1) is 0 Å². The third-order valence-electron chi connectivity index (χ3n) is 3.36. The Hall–Kier alpha value is -1.85. The van der Waals surface area contributed by atoms with Crippen LogP contribution in [0.25, 0.3) is 0 Å². The predicted molar refractivity (Wildman–Crippen MR) is 70.4 cm³/mol. The van der Waals surface area contributed by atoms with Gasteiger partial charge in [0.2, 0.25) is 11.8 Å². The number of hydrogen-bond donors (Lipinski definition) is 1. The molecule has 1 aliphatic heterocycles. The molecule has 0 bridgehead atoms. The molecule has 1 saturated heterocycles. The van der Waals surface area contributed by atoms with E-state index in [0.29, 0.717) is 19.5 Å². The second-order valence-electron chi connectivity index (χ2n) is 4.85. The second kappa shape index (κ2) is 6.36. The maximum Gasteiger partial charge on any atom is 0.224 e. The quantitative estimate of drug-likeness (QED) is 0.864. The molecule has 6 heteroatoms. The number of hydrogen-bond acceptors (Lipinski definition) is 3. The largest absolute Gasteiger partial charge is 0.356 e. The molecule has 104 valence electrons. The van der Waals surface area contributed by atoms with Gasteiger partial charge in [-0.15, -0.1) is 0 Å². The van der Waals surface area contributed by atoms with Crippen molar-refractivity contribution >= 4 is 11.8 Å². The highest BCUT2D eigenvalue weighted by atomic mass is 16.2. The molecular formula is C13H20N4O2. The SMILES string of the molecule is CC(=O)NCCC(=O)N1CCCC(n2cccn2)C1. The summed E-state index contributed by atoms with van der Waals surface area (Å²) in [5.41, 5.74) is 0. The molecule has 1 aliphatic rings. The normalized spacial score (nSPS) is 19.2. The summed E-state index contributed by atoms with van der Waals surface area (Å²) in [6.07, 6.45) is 6.12. The molecule has 1 N–H and O–H groups in total. The van der Waals surface area contributed by atoms with Crippen LogP contribution >= 0.6 is 0 Å². The molecule has 0 aliphatic carbocycles. The summed E-state index contributed by atoms with van der Waals surface area (Å²) in [7, 11) is 0. The fourth-order valence-corrected chi connectivity index (χ4v) is 2.40. The van der Waals surface area contributed by atoms with Crippen molar-refractivity contribution in [2.45, 2.75) is 32.2 Å². The maximum absolute atomic E-state index is 12.0. The molecule has 6 nitrogen and oxygen atoms in total. The lowest BCUT2D eigenvalue weighted by Crippen LogP contribution is -2.41. The van der Waals surface area contributed by atoms with Gasteiger partial charge in [0.1, 0.15) is 0 Å². The Labute approximate surface area is 112 Å². The van der Waals surface area contributed by atoms with Gasteiger partial charge >= 0.3 is 0 Å². The molecule has 0 saturated carbocycles. The Morgan fingerprint density at radius 3 is 3.00 bits per heavy atom. The summed E-state index contributed by atoms with van der Waals surface area (Å²) < 4.78 is 1.92. The van der Waals surface area contributed by atoms with Crippen LogP contribution in [-0.4, -0.2) is 46.1 Å². The first-order chi connectivity index (χ1) is 9.16. The minimum Gasteiger partial charge on any atom is -0.356 e. The topological polar surface area (TPSA) is 67.2 Å². The summed E-state index contributed by atoms with van der Waals surface area (Å²) in [5.74, 6) is 0.00599. The van der Waals surface area contributed by atoms with Gasteiger partial charge < -0.3 is 10.2 Å². The number of carbonyl (C=O) groups excluding carboxylic acids is 2. The third kappa shape index (κ3) is 3.81. The minimum absolute atomic E-state index is 0.0964. The second-order valence-corrected chi connectivity index (χ2v) is 4.85. The number of likely N-dealkylation sites (tertiary alicyclic amines) is 1. The van der Waals surface area contributed by atoms with Crippen LogP contribution in [0.1, 0.15) is 32.2 Å². The fourth-order valence-electron chi connectivity index (χ4n) is 2.40.